The van der Waals surface area contributed by atoms with Crippen molar-refractivity contribution in [3.63, 3.8) is 0 Å². The van der Waals surface area contributed by atoms with Gasteiger partial charge in [-0.3, -0.25) is 4.79 Å². The molecule has 0 bridgehead atoms. The molecule has 1 aromatic heterocycles. The topological polar surface area (TPSA) is 56.2 Å². The molecule has 4 rings (SSSR count). The number of hydrogen-bond donors (Lipinski definition) is 1. The number of aromatic nitrogens is 2. The van der Waals surface area contributed by atoms with Crippen LogP contribution in [0.1, 0.15) is 30.5 Å². The Balaban J connectivity index is 1.68. The minimum Gasteiger partial charge on any atom is -0.436 e. The summed E-state index contributed by atoms with van der Waals surface area (Å²) in [6.45, 7) is 1.75. The van der Waals surface area contributed by atoms with Crippen molar-refractivity contribution in [2.45, 2.75) is 38.6 Å². The van der Waals surface area contributed by atoms with E-state index in [4.69, 9.17) is 4.74 Å². The van der Waals surface area contributed by atoms with E-state index < -0.39 is 17.5 Å². The summed E-state index contributed by atoms with van der Waals surface area (Å²) in [7, 11) is 0. The summed E-state index contributed by atoms with van der Waals surface area (Å²) < 4.78 is 48.1. The van der Waals surface area contributed by atoms with Crippen molar-refractivity contribution in [3.05, 3.63) is 71.2 Å². The number of carbonyl (C=O) groups is 1. The highest BCUT2D eigenvalue weighted by Crippen LogP contribution is 2.33. The molecule has 5 nitrogen and oxygen atoms in total. The predicted octanol–water partition coefficient (Wildman–Crippen LogP) is 4.60. The Labute approximate surface area is 171 Å². The molecular weight excluding hydrogens is 395 g/mol. The van der Waals surface area contributed by atoms with Crippen molar-refractivity contribution in [2.24, 2.45) is 0 Å². The van der Waals surface area contributed by atoms with Gasteiger partial charge in [-0.1, -0.05) is 0 Å². The maximum absolute atomic E-state index is 14.2. The van der Waals surface area contributed by atoms with Crippen LogP contribution in [0.3, 0.4) is 0 Å². The van der Waals surface area contributed by atoms with Gasteiger partial charge in [-0.15, -0.1) is 0 Å². The van der Waals surface area contributed by atoms with E-state index >= 15 is 0 Å². The van der Waals surface area contributed by atoms with E-state index in [0.29, 0.717) is 23.4 Å². The molecule has 8 heteroatoms. The smallest absolute Gasteiger partial charge is 0.226 e. The molecule has 156 valence electrons. The number of hydrogen-bond acceptors (Lipinski definition) is 3. The highest BCUT2D eigenvalue weighted by atomic mass is 19.1. The van der Waals surface area contributed by atoms with Crippen LogP contribution in [0, 0.1) is 24.4 Å². The van der Waals surface area contributed by atoms with Gasteiger partial charge >= 0.3 is 0 Å². The summed E-state index contributed by atoms with van der Waals surface area (Å²) in [6, 6.07) is 8.83. The lowest BCUT2D eigenvalue weighted by molar-refractivity contribution is -0.121. The van der Waals surface area contributed by atoms with Crippen molar-refractivity contribution in [1.82, 2.24) is 15.1 Å². The molecule has 0 spiro atoms. The van der Waals surface area contributed by atoms with Gasteiger partial charge in [-0.2, -0.15) is 5.10 Å². The number of rotatable bonds is 7. The van der Waals surface area contributed by atoms with Crippen LogP contribution >= 0.6 is 0 Å². The van der Waals surface area contributed by atoms with Crippen molar-refractivity contribution in [2.75, 3.05) is 0 Å². The minimum atomic E-state index is -0.864. The molecular formula is C22H20F3N3O2. The maximum Gasteiger partial charge on any atom is 0.226 e. The molecule has 2 aromatic carbocycles. The quantitative estimate of drug-likeness (QED) is 0.614. The summed E-state index contributed by atoms with van der Waals surface area (Å²) >= 11 is 0. The largest absolute Gasteiger partial charge is 0.436 e. The number of benzene rings is 2. The summed E-state index contributed by atoms with van der Waals surface area (Å²) in [5.41, 5.74) is 1.72. The summed E-state index contributed by atoms with van der Waals surface area (Å²) in [4.78, 5) is 12.1. The molecule has 1 aliphatic carbocycles. The number of aryl methyl sites for hydroxylation is 1. The average Bonchev–Trinajstić information content (AvgIpc) is 3.46. The lowest BCUT2D eigenvalue weighted by atomic mass is 10.1. The molecule has 3 aromatic rings. The number of amides is 1. The number of ether oxygens (including phenoxy) is 1. The zero-order valence-corrected chi connectivity index (χ0v) is 16.3. The SMILES string of the molecule is Cc1nn(-c2ccc(F)cc2)c(Oc2ccc(F)cc2F)c1CCC(=O)NC1CC1. The second-order valence-electron chi connectivity index (χ2n) is 7.28. The Morgan fingerprint density at radius 3 is 2.50 bits per heavy atom. The lowest BCUT2D eigenvalue weighted by Gasteiger charge is -2.12. The van der Waals surface area contributed by atoms with Crippen LogP contribution in [0.4, 0.5) is 13.2 Å². The standard InChI is InChI=1S/C22H20F3N3O2/c1-13-18(9-11-21(29)26-16-5-6-16)22(30-20-10-4-15(24)12-19(20)25)28(27-13)17-7-2-14(23)3-8-17/h2-4,7-8,10,12,16H,5-6,9,11H2,1H3,(H,26,29). The van der Waals surface area contributed by atoms with Gasteiger partial charge in [0.05, 0.1) is 11.4 Å². The van der Waals surface area contributed by atoms with Crippen molar-refractivity contribution in [3.8, 4) is 17.3 Å². The van der Waals surface area contributed by atoms with Crippen molar-refractivity contribution >= 4 is 5.91 Å². The zero-order valence-electron chi connectivity index (χ0n) is 16.3. The van der Waals surface area contributed by atoms with E-state index in [0.717, 1.165) is 25.0 Å². The Morgan fingerprint density at radius 1 is 1.13 bits per heavy atom. The number of carbonyl (C=O) groups excluding carboxylic acids is 1. The Kier molecular flexibility index (Phi) is 5.48. The normalized spacial score (nSPS) is 13.3. The van der Waals surface area contributed by atoms with Gasteiger partial charge in [-0.25, -0.2) is 17.9 Å². The van der Waals surface area contributed by atoms with Crippen LogP contribution in [0.2, 0.25) is 0 Å². The van der Waals surface area contributed by atoms with E-state index in [1.807, 2.05) is 0 Å². The molecule has 1 amide bonds. The van der Waals surface area contributed by atoms with Crippen LogP contribution in [-0.2, 0) is 11.2 Å². The predicted molar refractivity (Wildman–Crippen MR) is 104 cm³/mol. The molecule has 30 heavy (non-hydrogen) atoms. The molecule has 1 fully saturated rings. The monoisotopic (exact) mass is 415 g/mol. The third kappa shape index (κ3) is 4.48. The molecule has 0 atom stereocenters. The molecule has 1 N–H and O–H groups in total. The van der Waals surface area contributed by atoms with E-state index in [2.05, 4.69) is 10.4 Å². The third-order valence-corrected chi connectivity index (χ3v) is 4.85. The van der Waals surface area contributed by atoms with E-state index in [1.165, 1.54) is 35.0 Å². The molecule has 0 unspecified atom stereocenters. The Morgan fingerprint density at radius 2 is 1.83 bits per heavy atom. The first kappa shape index (κ1) is 20.0. The van der Waals surface area contributed by atoms with E-state index in [9.17, 15) is 18.0 Å². The van der Waals surface area contributed by atoms with Gasteiger partial charge in [0.25, 0.3) is 0 Å². The fourth-order valence-electron chi connectivity index (χ4n) is 3.12. The Bertz CT molecular complexity index is 1080. The molecule has 0 saturated heterocycles. The van der Waals surface area contributed by atoms with Gasteiger partial charge in [-0.05, 0) is 62.6 Å². The average molecular weight is 415 g/mol. The third-order valence-electron chi connectivity index (χ3n) is 4.85. The van der Waals surface area contributed by atoms with Gasteiger partial charge in [0.2, 0.25) is 11.8 Å². The molecule has 0 aliphatic heterocycles. The minimum absolute atomic E-state index is 0.0784. The second kappa shape index (κ2) is 8.22. The first-order valence-corrected chi connectivity index (χ1v) is 9.67. The second-order valence-corrected chi connectivity index (χ2v) is 7.28. The molecule has 1 saturated carbocycles. The summed E-state index contributed by atoms with van der Waals surface area (Å²) in [5, 5.41) is 7.37. The van der Waals surface area contributed by atoms with Crippen LogP contribution in [0.5, 0.6) is 11.6 Å². The molecule has 1 aliphatic rings. The van der Waals surface area contributed by atoms with Crippen molar-refractivity contribution < 1.29 is 22.7 Å². The highest BCUT2D eigenvalue weighted by Gasteiger charge is 2.25. The zero-order chi connectivity index (χ0) is 21.3. The molecule has 0 radical (unpaired) electrons. The van der Waals surface area contributed by atoms with Gasteiger partial charge in [0, 0.05) is 24.1 Å². The fourth-order valence-corrected chi connectivity index (χ4v) is 3.12. The Hall–Kier alpha value is -3.29. The van der Waals surface area contributed by atoms with Gasteiger partial charge in [0.15, 0.2) is 11.6 Å². The number of nitrogens with one attached hydrogen (secondary N) is 1. The van der Waals surface area contributed by atoms with Crippen LogP contribution < -0.4 is 10.1 Å². The lowest BCUT2D eigenvalue weighted by Crippen LogP contribution is -2.25. The molecule has 1 heterocycles. The maximum atomic E-state index is 14.2. The van der Waals surface area contributed by atoms with Crippen LogP contribution in [-0.4, -0.2) is 21.7 Å². The first-order chi connectivity index (χ1) is 14.4. The van der Waals surface area contributed by atoms with Crippen LogP contribution in [0.25, 0.3) is 5.69 Å². The first-order valence-electron chi connectivity index (χ1n) is 9.67. The number of nitrogens with zero attached hydrogens (tertiary/aromatic N) is 2. The van der Waals surface area contributed by atoms with Crippen molar-refractivity contribution in [1.29, 1.82) is 0 Å². The van der Waals surface area contributed by atoms with Gasteiger partial charge < -0.3 is 10.1 Å². The fraction of sp³-hybridized carbons (Fsp3) is 0.273. The van der Waals surface area contributed by atoms with E-state index in [1.54, 1.807) is 6.92 Å². The van der Waals surface area contributed by atoms with Gasteiger partial charge in [0.1, 0.15) is 11.6 Å². The summed E-state index contributed by atoms with van der Waals surface area (Å²) in [6.07, 6.45) is 2.52. The summed E-state index contributed by atoms with van der Waals surface area (Å²) in [5.74, 6) is -2.05. The highest BCUT2D eigenvalue weighted by molar-refractivity contribution is 5.77. The van der Waals surface area contributed by atoms with E-state index in [-0.39, 0.29) is 30.0 Å². The number of halogens is 3. The van der Waals surface area contributed by atoms with Crippen LogP contribution in [0.15, 0.2) is 42.5 Å².